The van der Waals surface area contributed by atoms with Crippen molar-refractivity contribution in [2.45, 2.75) is 46.6 Å². The van der Waals surface area contributed by atoms with Crippen LogP contribution >= 0.6 is 0 Å². The van der Waals surface area contributed by atoms with Crippen LogP contribution in [0.4, 0.5) is 0 Å². The van der Waals surface area contributed by atoms with E-state index in [0.717, 1.165) is 0 Å². The zero-order valence-corrected chi connectivity index (χ0v) is 11.6. The smallest absolute Gasteiger partial charge is 0.305 e. The number of aryl methyl sites for hydroxylation is 1. The quantitative estimate of drug-likeness (QED) is 0.836. The molecule has 7 nitrogen and oxygen atoms in total. The summed E-state index contributed by atoms with van der Waals surface area (Å²) < 4.78 is 4.71. The van der Waals surface area contributed by atoms with Crippen LogP contribution in [0, 0.1) is 12.3 Å². The lowest BCUT2D eigenvalue weighted by molar-refractivity contribution is -0.137. The first kappa shape index (κ1) is 15.1. The van der Waals surface area contributed by atoms with E-state index in [-0.39, 0.29) is 23.6 Å². The van der Waals surface area contributed by atoms with E-state index in [4.69, 9.17) is 9.63 Å². The molecule has 7 heteroatoms. The lowest BCUT2D eigenvalue weighted by atomic mass is 9.87. The summed E-state index contributed by atoms with van der Waals surface area (Å²) in [6, 6.07) is -0.469. The summed E-state index contributed by atoms with van der Waals surface area (Å²) in [5.74, 6) is -1.27. The maximum atomic E-state index is 11.8. The number of hydrogen-bond donors (Lipinski definition) is 2. The highest BCUT2D eigenvalue weighted by Crippen LogP contribution is 2.22. The number of aliphatic carboxylic acids is 1. The van der Waals surface area contributed by atoms with Crippen molar-refractivity contribution in [2.24, 2.45) is 5.41 Å². The van der Waals surface area contributed by atoms with E-state index in [1.807, 2.05) is 20.8 Å². The zero-order chi connectivity index (χ0) is 14.6. The third-order valence-corrected chi connectivity index (χ3v) is 2.35. The van der Waals surface area contributed by atoms with Gasteiger partial charge in [0, 0.05) is 13.0 Å². The molecule has 0 saturated carbocycles. The molecule has 106 valence electrons. The molecule has 1 aromatic rings. The Hall–Kier alpha value is -1.92. The highest BCUT2D eigenvalue weighted by atomic mass is 16.5. The van der Waals surface area contributed by atoms with Gasteiger partial charge in [-0.3, -0.25) is 9.59 Å². The number of carbonyl (C=O) groups is 2. The SMILES string of the molecule is Cc1nc(C(=O)NC(CC(=O)O)CC(C)(C)C)no1. The molecule has 0 radical (unpaired) electrons. The molecule has 0 spiro atoms. The molecule has 1 aromatic heterocycles. The van der Waals surface area contributed by atoms with Gasteiger partial charge in [0.25, 0.3) is 11.7 Å². The molecule has 0 aliphatic rings. The van der Waals surface area contributed by atoms with E-state index in [9.17, 15) is 9.59 Å². The van der Waals surface area contributed by atoms with E-state index in [1.165, 1.54) is 0 Å². The molecule has 1 heterocycles. The summed E-state index contributed by atoms with van der Waals surface area (Å²) in [5.41, 5.74) is -0.0967. The van der Waals surface area contributed by atoms with Crippen LogP contribution in [0.3, 0.4) is 0 Å². The maximum absolute atomic E-state index is 11.8. The van der Waals surface area contributed by atoms with E-state index in [2.05, 4.69) is 15.5 Å². The van der Waals surface area contributed by atoms with E-state index < -0.39 is 17.9 Å². The topological polar surface area (TPSA) is 105 Å². The number of carbonyl (C=O) groups excluding carboxylic acids is 1. The monoisotopic (exact) mass is 269 g/mol. The van der Waals surface area contributed by atoms with Gasteiger partial charge >= 0.3 is 5.97 Å². The van der Waals surface area contributed by atoms with Gasteiger partial charge in [-0.1, -0.05) is 25.9 Å². The molecule has 0 aliphatic heterocycles. The first-order valence-electron chi connectivity index (χ1n) is 6.00. The first-order chi connectivity index (χ1) is 8.67. The van der Waals surface area contributed by atoms with Gasteiger partial charge < -0.3 is 14.9 Å². The number of aromatic nitrogens is 2. The molecule has 0 bridgehead atoms. The number of carboxylic acids is 1. The van der Waals surface area contributed by atoms with E-state index in [1.54, 1.807) is 6.92 Å². The van der Waals surface area contributed by atoms with E-state index >= 15 is 0 Å². The third kappa shape index (κ3) is 5.50. The average Bonchev–Trinajstić information content (AvgIpc) is 2.60. The molecule has 1 rings (SSSR count). The Morgan fingerprint density at radius 3 is 2.47 bits per heavy atom. The standard InChI is InChI=1S/C12H19N3O4/c1-7-13-10(15-19-7)11(18)14-8(5-9(16)17)6-12(2,3)4/h8H,5-6H2,1-4H3,(H,14,18)(H,16,17). The molecule has 1 atom stereocenters. The number of rotatable bonds is 5. The van der Waals surface area contributed by atoms with Crippen molar-refractivity contribution in [3.05, 3.63) is 11.7 Å². The number of nitrogens with one attached hydrogen (secondary N) is 1. The Labute approximate surface area is 111 Å². The van der Waals surface area contributed by atoms with Crippen molar-refractivity contribution in [1.82, 2.24) is 15.5 Å². The Morgan fingerprint density at radius 2 is 2.05 bits per heavy atom. The summed E-state index contributed by atoms with van der Waals surface area (Å²) in [7, 11) is 0. The van der Waals surface area contributed by atoms with Gasteiger partial charge in [0.1, 0.15) is 0 Å². The van der Waals surface area contributed by atoms with Crippen molar-refractivity contribution in [3.63, 3.8) is 0 Å². The van der Waals surface area contributed by atoms with Crippen LogP contribution in [0.2, 0.25) is 0 Å². The Balaban J connectivity index is 2.71. The fourth-order valence-electron chi connectivity index (χ4n) is 1.77. The minimum atomic E-state index is -0.959. The second-order valence-corrected chi connectivity index (χ2v) is 5.67. The van der Waals surface area contributed by atoms with Crippen LogP contribution in [0.25, 0.3) is 0 Å². The highest BCUT2D eigenvalue weighted by Gasteiger charge is 2.24. The van der Waals surface area contributed by atoms with Crippen LogP contribution in [0.15, 0.2) is 4.52 Å². The molecule has 2 N–H and O–H groups in total. The Morgan fingerprint density at radius 1 is 1.42 bits per heavy atom. The van der Waals surface area contributed by atoms with Gasteiger partial charge in [-0.15, -0.1) is 0 Å². The van der Waals surface area contributed by atoms with Crippen molar-refractivity contribution < 1.29 is 19.2 Å². The summed E-state index contributed by atoms with van der Waals surface area (Å²) in [5, 5.41) is 15.0. The second kappa shape index (κ2) is 5.81. The largest absolute Gasteiger partial charge is 0.481 e. The van der Waals surface area contributed by atoms with Crippen LogP contribution in [-0.2, 0) is 4.79 Å². The van der Waals surface area contributed by atoms with Gasteiger partial charge in [-0.05, 0) is 11.8 Å². The lowest BCUT2D eigenvalue weighted by Crippen LogP contribution is -2.39. The minimum Gasteiger partial charge on any atom is -0.481 e. The highest BCUT2D eigenvalue weighted by molar-refractivity contribution is 5.90. The summed E-state index contributed by atoms with van der Waals surface area (Å²) in [4.78, 5) is 26.5. The van der Waals surface area contributed by atoms with Gasteiger partial charge in [-0.2, -0.15) is 4.98 Å². The van der Waals surface area contributed by atoms with Crippen molar-refractivity contribution in [1.29, 1.82) is 0 Å². The van der Waals surface area contributed by atoms with Crippen molar-refractivity contribution >= 4 is 11.9 Å². The Kier molecular flexibility index (Phi) is 4.63. The van der Waals surface area contributed by atoms with Gasteiger partial charge in [0.05, 0.1) is 6.42 Å². The molecule has 19 heavy (non-hydrogen) atoms. The molecular weight excluding hydrogens is 250 g/mol. The van der Waals surface area contributed by atoms with Gasteiger partial charge in [0.15, 0.2) is 0 Å². The number of amides is 1. The lowest BCUT2D eigenvalue weighted by Gasteiger charge is -2.25. The van der Waals surface area contributed by atoms with Crippen LogP contribution < -0.4 is 5.32 Å². The first-order valence-corrected chi connectivity index (χ1v) is 6.00. The Bertz CT molecular complexity index is 462. The fraction of sp³-hybridized carbons (Fsp3) is 0.667. The number of nitrogens with zero attached hydrogens (tertiary/aromatic N) is 2. The summed E-state index contributed by atoms with van der Waals surface area (Å²) >= 11 is 0. The molecule has 0 aliphatic carbocycles. The van der Waals surface area contributed by atoms with Crippen molar-refractivity contribution in [2.75, 3.05) is 0 Å². The molecule has 0 saturated heterocycles. The molecule has 0 fully saturated rings. The van der Waals surface area contributed by atoms with Crippen molar-refractivity contribution in [3.8, 4) is 0 Å². The predicted molar refractivity (Wildman–Crippen MR) is 66.6 cm³/mol. The maximum Gasteiger partial charge on any atom is 0.305 e. The van der Waals surface area contributed by atoms with E-state index in [0.29, 0.717) is 6.42 Å². The normalized spacial score (nSPS) is 13.1. The van der Waals surface area contributed by atoms with Gasteiger partial charge in [0.2, 0.25) is 5.89 Å². The average molecular weight is 269 g/mol. The molecule has 1 amide bonds. The zero-order valence-electron chi connectivity index (χ0n) is 11.6. The summed E-state index contributed by atoms with van der Waals surface area (Å²) in [6.07, 6.45) is 0.404. The summed E-state index contributed by atoms with van der Waals surface area (Å²) in [6.45, 7) is 7.51. The number of hydrogen-bond acceptors (Lipinski definition) is 5. The van der Waals surface area contributed by atoms with Crippen LogP contribution in [0.1, 0.15) is 50.1 Å². The predicted octanol–water partition coefficient (Wildman–Crippen LogP) is 1.39. The fourth-order valence-corrected chi connectivity index (χ4v) is 1.77. The minimum absolute atomic E-state index is 0.0817. The molecule has 1 unspecified atom stereocenters. The van der Waals surface area contributed by atoms with Crippen LogP contribution in [0.5, 0.6) is 0 Å². The van der Waals surface area contributed by atoms with Crippen LogP contribution in [-0.4, -0.2) is 33.2 Å². The molecular formula is C12H19N3O4. The molecule has 0 aromatic carbocycles. The van der Waals surface area contributed by atoms with Gasteiger partial charge in [-0.25, -0.2) is 0 Å². The second-order valence-electron chi connectivity index (χ2n) is 5.67. The number of carboxylic acid groups (broad SMARTS) is 1. The third-order valence-electron chi connectivity index (χ3n) is 2.35.